The first-order chi connectivity index (χ1) is 8.95. The monoisotopic (exact) mass is 284 g/mol. The zero-order valence-electron chi connectivity index (χ0n) is 11.6. The molecule has 5 heteroatoms. The maximum Gasteiger partial charge on any atom is 0.255 e. The Kier molecular flexibility index (Phi) is 5.63. The molecular weight excluding hydrogens is 264 g/mol. The third kappa shape index (κ3) is 4.11. The second-order valence-corrected chi connectivity index (χ2v) is 5.03. The van der Waals surface area contributed by atoms with Crippen molar-refractivity contribution in [2.24, 2.45) is 5.73 Å². The summed E-state index contributed by atoms with van der Waals surface area (Å²) in [5, 5.41) is 3.34. The number of carbonyl (C=O) groups excluding carboxylic acids is 1. The van der Waals surface area contributed by atoms with Crippen LogP contribution in [-0.4, -0.2) is 25.1 Å². The lowest BCUT2D eigenvalue weighted by Gasteiger charge is -2.26. The van der Waals surface area contributed by atoms with E-state index in [1.807, 2.05) is 13.8 Å². The van der Waals surface area contributed by atoms with Crippen LogP contribution in [0.4, 0.5) is 0 Å². The minimum absolute atomic E-state index is 0.226. The van der Waals surface area contributed by atoms with Gasteiger partial charge in [-0.1, -0.05) is 25.4 Å². The predicted octanol–water partition coefficient (Wildman–Crippen LogP) is 2.60. The number of halogens is 1. The summed E-state index contributed by atoms with van der Waals surface area (Å²) in [7, 11) is 1.52. The number of ether oxygens (including phenoxy) is 1. The molecule has 0 bridgehead atoms. The third-order valence-corrected chi connectivity index (χ3v) is 3.65. The molecule has 0 fully saturated rings. The van der Waals surface area contributed by atoms with Crippen LogP contribution < -0.4 is 15.8 Å². The molecule has 0 saturated carbocycles. The molecule has 3 N–H and O–H groups in total. The molecule has 1 aromatic carbocycles. The van der Waals surface area contributed by atoms with Crippen molar-refractivity contribution in [3.63, 3.8) is 0 Å². The summed E-state index contributed by atoms with van der Waals surface area (Å²) >= 11 is 5.90. The number of amides is 1. The van der Waals surface area contributed by atoms with Crippen LogP contribution >= 0.6 is 11.6 Å². The summed E-state index contributed by atoms with van der Waals surface area (Å²) in [5.74, 6) is 0.272. The van der Waals surface area contributed by atoms with Crippen molar-refractivity contribution in [3.8, 4) is 5.75 Å². The highest BCUT2D eigenvalue weighted by Crippen LogP contribution is 2.22. The molecule has 0 aliphatic heterocycles. The zero-order chi connectivity index (χ0) is 14.5. The molecule has 0 atom stereocenters. The Morgan fingerprint density at radius 1 is 1.42 bits per heavy atom. The van der Waals surface area contributed by atoms with Crippen LogP contribution in [0.15, 0.2) is 18.2 Å². The van der Waals surface area contributed by atoms with Crippen LogP contribution in [0.5, 0.6) is 5.75 Å². The van der Waals surface area contributed by atoms with Crippen LogP contribution in [0.1, 0.15) is 37.0 Å². The van der Waals surface area contributed by atoms with Gasteiger partial charge in [0.05, 0.1) is 12.7 Å². The molecule has 0 aliphatic rings. The van der Waals surface area contributed by atoms with Crippen molar-refractivity contribution in [2.45, 2.75) is 32.2 Å². The fourth-order valence-corrected chi connectivity index (χ4v) is 1.88. The fraction of sp³-hybridized carbons (Fsp3) is 0.500. The minimum atomic E-state index is -0.374. The summed E-state index contributed by atoms with van der Waals surface area (Å²) in [4.78, 5) is 12.1. The smallest absolute Gasteiger partial charge is 0.255 e. The zero-order valence-corrected chi connectivity index (χ0v) is 12.4. The average molecular weight is 285 g/mol. The normalized spacial score (nSPS) is 11.2. The molecule has 1 rings (SSSR count). The van der Waals surface area contributed by atoms with E-state index in [1.54, 1.807) is 18.2 Å². The van der Waals surface area contributed by atoms with Gasteiger partial charge in [0.1, 0.15) is 5.75 Å². The van der Waals surface area contributed by atoms with Crippen LogP contribution in [-0.2, 0) is 0 Å². The van der Waals surface area contributed by atoms with Crippen molar-refractivity contribution >= 4 is 17.5 Å². The van der Waals surface area contributed by atoms with Crippen LogP contribution in [0, 0.1) is 0 Å². The highest BCUT2D eigenvalue weighted by molar-refractivity contribution is 6.31. The molecule has 1 aromatic rings. The first-order valence-corrected chi connectivity index (χ1v) is 6.74. The number of hydrogen-bond acceptors (Lipinski definition) is 3. The Bertz CT molecular complexity index is 445. The van der Waals surface area contributed by atoms with Gasteiger partial charge in [0.25, 0.3) is 5.91 Å². The number of nitrogens with one attached hydrogen (secondary N) is 1. The number of hydrogen-bond donors (Lipinski definition) is 2. The quantitative estimate of drug-likeness (QED) is 0.844. The van der Waals surface area contributed by atoms with Crippen molar-refractivity contribution in [3.05, 3.63) is 28.8 Å². The van der Waals surface area contributed by atoms with Gasteiger partial charge in [-0.25, -0.2) is 0 Å². The van der Waals surface area contributed by atoms with E-state index in [0.717, 1.165) is 12.8 Å². The average Bonchev–Trinajstić information content (AvgIpc) is 2.44. The number of benzene rings is 1. The topological polar surface area (TPSA) is 64.3 Å². The number of nitrogens with two attached hydrogens (primary N) is 1. The minimum Gasteiger partial charge on any atom is -0.496 e. The van der Waals surface area contributed by atoms with Gasteiger partial charge in [0.15, 0.2) is 0 Å². The maximum absolute atomic E-state index is 12.1. The predicted molar refractivity (Wildman–Crippen MR) is 77.8 cm³/mol. The molecule has 1 amide bonds. The first-order valence-electron chi connectivity index (χ1n) is 6.36. The van der Waals surface area contributed by atoms with E-state index < -0.39 is 0 Å². The summed E-state index contributed by atoms with van der Waals surface area (Å²) in [6.45, 7) is 4.44. The van der Waals surface area contributed by atoms with E-state index in [1.165, 1.54) is 7.11 Å². The van der Waals surface area contributed by atoms with Crippen LogP contribution in [0.2, 0.25) is 5.02 Å². The molecule has 0 radical (unpaired) electrons. The van der Waals surface area contributed by atoms with E-state index in [0.29, 0.717) is 22.9 Å². The molecule has 19 heavy (non-hydrogen) atoms. The lowest BCUT2D eigenvalue weighted by atomic mass is 9.94. The van der Waals surface area contributed by atoms with Crippen molar-refractivity contribution < 1.29 is 9.53 Å². The molecule has 0 heterocycles. The van der Waals surface area contributed by atoms with Gasteiger partial charge in [-0.2, -0.15) is 0 Å². The molecule has 0 spiro atoms. The van der Waals surface area contributed by atoms with E-state index >= 15 is 0 Å². The van der Waals surface area contributed by atoms with Gasteiger partial charge in [0, 0.05) is 17.1 Å². The summed E-state index contributed by atoms with van der Waals surface area (Å²) in [6.07, 6.45) is 1.60. The fourth-order valence-electron chi connectivity index (χ4n) is 1.71. The van der Waals surface area contributed by atoms with E-state index in [-0.39, 0.29) is 11.4 Å². The van der Waals surface area contributed by atoms with Gasteiger partial charge in [-0.15, -0.1) is 0 Å². The largest absolute Gasteiger partial charge is 0.496 e. The molecule has 106 valence electrons. The van der Waals surface area contributed by atoms with Gasteiger partial charge in [-0.05, 0) is 31.0 Å². The summed E-state index contributed by atoms with van der Waals surface area (Å²) in [5.41, 5.74) is 6.20. The van der Waals surface area contributed by atoms with Crippen molar-refractivity contribution in [2.75, 3.05) is 13.7 Å². The highest BCUT2D eigenvalue weighted by Gasteiger charge is 2.22. The number of rotatable bonds is 6. The van der Waals surface area contributed by atoms with Crippen LogP contribution in [0.3, 0.4) is 0 Å². The van der Waals surface area contributed by atoms with Crippen molar-refractivity contribution in [1.29, 1.82) is 0 Å². The van der Waals surface area contributed by atoms with Gasteiger partial charge < -0.3 is 15.8 Å². The standard InChI is InChI=1S/C14H21ClN2O2/c1-4-14(16,5-2)9-17-13(18)11-8-10(15)6-7-12(11)19-3/h6-8H,4-5,9,16H2,1-3H3,(H,17,18). The Morgan fingerprint density at radius 3 is 2.58 bits per heavy atom. The number of methoxy groups -OCH3 is 1. The molecule has 0 unspecified atom stereocenters. The Hall–Kier alpha value is -1.26. The van der Waals surface area contributed by atoms with Gasteiger partial charge >= 0.3 is 0 Å². The maximum atomic E-state index is 12.1. The Labute approximate surface area is 119 Å². The Balaban J connectivity index is 2.81. The lowest BCUT2D eigenvalue weighted by Crippen LogP contribution is -2.49. The molecular formula is C14H21ClN2O2. The van der Waals surface area contributed by atoms with Gasteiger partial charge in [0.2, 0.25) is 0 Å². The lowest BCUT2D eigenvalue weighted by molar-refractivity contribution is 0.0939. The Morgan fingerprint density at radius 2 is 2.05 bits per heavy atom. The third-order valence-electron chi connectivity index (χ3n) is 3.42. The molecule has 0 aliphatic carbocycles. The number of carbonyl (C=O) groups is 1. The SMILES string of the molecule is CCC(N)(CC)CNC(=O)c1cc(Cl)ccc1OC. The summed E-state index contributed by atoms with van der Waals surface area (Å²) in [6, 6.07) is 4.95. The molecule has 0 aromatic heterocycles. The van der Waals surface area contributed by atoms with Gasteiger partial charge in [-0.3, -0.25) is 4.79 Å². The molecule has 4 nitrogen and oxygen atoms in total. The second kappa shape index (κ2) is 6.78. The second-order valence-electron chi connectivity index (χ2n) is 4.60. The van der Waals surface area contributed by atoms with Crippen molar-refractivity contribution in [1.82, 2.24) is 5.32 Å². The molecule has 0 saturated heterocycles. The van der Waals surface area contributed by atoms with E-state index in [2.05, 4.69) is 5.32 Å². The first kappa shape index (κ1) is 15.8. The summed E-state index contributed by atoms with van der Waals surface area (Å²) < 4.78 is 5.16. The van der Waals surface area contributed by atoms with Crippen LogP contribution in [0.25, 0.3) is 0 Å². The van der Waals surface area contributed by atoms with E-state index in [4.69, 9.17) is 22.1 Å². The highest BCUT2D eigenvalue weighted by atomic mass is 35.5. The van der Waals surface area contributed by atoms with E-state index in [9.17, 15) is 4.79 Å².